The Morgan fingerprint density at radius 3 is 2.50 bits per heavy atom. The highest BCUT2D eigenvalue weighted by atomic mass is 16.5. The largest absolute Gasteiger partial charge is 0.481 e. The molecule has 0 spiro atoms. The molecular formula is C13H24N2O3. The van der Waals surface area contributed by atoms with Crippen LogP contribution in [0.2, 0.25) is 0 Å². The number of carboxylic acids is 1. The fraction of sp³-hybridized carbons (Fsp3) is 0.923. The van der Waals surface area contributed by atoms with Crippen molar-refractivity contribution in [3.05, 3.63) is 0 Å². The Morgan fingerprint density at radius 2 is 1.94 bits per heavy atom. The van der Waals surface area contributed by atoms with E-state index in [9.17, 15) is 4.79 Å². The van der Waals surface area contributed by atoms with Crippen LogP contribution in [0.15, 0.2) is 0 Å². The summed E-state index contributed by atoms with van der Waals surface area (Å²) in [5.74, 6) is -0.698. The molecule has 1 aliphatic heterocycles. The minimum Gasteiger partial charge on any atom is -0.481 e. The van der Waals surface area contributed by atoms with Gasteiger partial charge in [0, 0.05) is 45.4 Å². The van der Waals surface area contributed by atoms with Gasteiger partial charge in [-0.2, -0.15) is 0 Å². The zero-order valence-corrected chi connectivity index (χ0v) is 11.2. The molecule has 0 amide bonds. The smallest absolute Gasteiger partial charge is 0.304 e. The lowest BCUT2D eigenvalue weighted by molar-refractivity contribution is -0.137. The predicted molar refractivity (Wildman–Crippen MR) is 68.7 cm³/mol. The summed E-state index contributed by atoms with van der Waals surface area (Å²) in [6.45, 7) is 7.71. The first-order chi connectivity index (χ1) is 8.69. The first kappa shape index (κ1) is 13.8. The number of carboxylic acid groups (broad SMARTS) is 1. The van der Waals surface area contributed by atoms with E-state index < -0.39 is 5.97 Å². The standard InChI is InChI=1S/C13H24N2O3/c1-2-18-12-9-11(10-12)15-7-5-14(6-8-15)4-3-13(16)17/h11-12H,2-10H2,1H3,(H,16,17). The summed E-state index contributed by atoms with van der Waals surface area (Å²) >= 11 is 0. The van der Waals surface area contributed by atoms with Gasteiger partial charge in [0.15, 0.2) is 0 Å². The average Bonchev–Trinajstić information content (AvgIpc) is 2.31. The van der Waals surface area contributed by atoms with Crippen LogP contribution >= 0.6 is 0 Å². The van der Waals surface area contributed by atoms with Gasteiger partial charge in [-0.3, -0.25) is 9.69 Å². The molecule has 0 bridgehead atoms. The van der Waals surface area contributed by atoms with Crippen LogP contribution in [0.4, 0.5) is 0 Å². The molecule has 0 aromatic heterocycles. The van der Waals surface area contributed by atoms with E-state index in [0.717, 1.165) is 32.8 Å². The van der Waals surface area contributed by atoms with Gasteiger partial charge in [-0.15, -0.1) is 0 Å². The second kappa shape index (κ2) is 6.50. The molecule has 0 atom stereocenters. The van der Waals surface area contributed by atoms with Crippen LogP contribution in [0, 0.1) is 0 Å². The Balaban J connectivity index is 1.61. The van der Waals surface area contributed by atoms with Crippen LogP contribution in [0.25, 0.3) is 0 Å². The molecule has 1 N–H and O–H groups in total. The third kappa shape index (κ3) is 3.67. The Morgan fingerprint density at radius 1 is 1.28 bits per heavy atom. The van der Waals surface area contributed by atoms with E-state index in [1.54, 1.807) is 0 Å². The van der Waals surface area contributed by atoms with E-state index in [2.05, 4.69) is 16.7 Å². The number of aliphatic carboxylic acids is 1. The molecule has 5 heteroatoms. The van der Waals surface area contributed by atoms with E-state index in [-0.39, 0.29) is 6.42 Å². The molecule has 1 aliphatic carbocycles. The number of rotatable bonds is 6. The normalized spacial score (nSPS) is 30.1. The number of hydrogen-bond acceptors (Lipinski definition) is 4. The maximum Gasteiger partial charge on any atom is 0.304 e. The van der Waals surface area contributed by atoms with E-state index in [1.807, 2.05) is 0 Å². The molecule has 1 saturated heterocycles. The number of nitrogens with zero attached hydrogens (tertiary/aromatic N) is 2. The van der Waals surface area contributed by atoms with Gasteiger partial charge in [0.05, 0.1) is 12.5 Å². The Kier molecular flexibility index (Phi) is 4.97. The molecule has 2 rings (SSSR count). The van der Waals surface area contributed by atoms with Crippen molar-refractivity contribution in [2.75, 3.05) is 39.3 Å². The van der Waals surface area contributed by atoms with Crippen molar-refractivity contribution in [1.29, 1.82) is 0 Å². The molecule has 0 aromatic rings. The monoisotopic (exact) mass is 256 g/mol. The van der Waals surface area contributed by atoms with Crippen LogP contribution in [-0.4, -0.2) is 72.4 Å². The van der Waals surface area contributed by atoms with Crippen LogP contribution in [0.3, 0.4) is 0 Å². The summed E-state index contributed by atoms with van der Waals surface area (Å²) in [5, 5.41) is 8.66. The summed E-state index contributed by atoms with van der Waals surface area (Å²) in [7, 11) is 0. The Bertz CT molecular complexity index is 271. The Hall–Kier alpha value is -0.650. The van der Waals surface area contributed by atoms with Gasteiger partial charge in [0.25, 0.3) is 0 Å². The number of hydrogen-bond donors (Lipinski definition) is 1. The molecule has 0 aromatic carbocycles. The molecule has 5 nitrogen and oxygen atoms in total. The number of ether oxygens (including phenoxy) is 1. The van der Waals surface area contributed by atoms with Gasteiger partial charge >= 0.3 is 5.97 Å². The highest BCUT2D eigenvalue weighted by molar-refractivity contribution is 5.66. The van der Waals surface area contributed by atoms with Gasteiger partial charge in [-0.05, 0) is 19.8 Å². The maximum absolute atomic E-state index is 10.5. The molecule has 2 aliphatic rings. The lowest BCUT2D eigenvalue weighted by Crippen LogP contribution is -2.55. The van der Waals surface area contributed by atoms with Crippen LogP contribution in [-0.2, 0) is 9.53 Å². The molecule has 2 fully saturated rings. The minimum atomic E-state index is -0.698. The van der Waals surface area contributed by atoms with Gasteiger partial charge in [-0.25, -0.2) is 0 Å². The predicted octanol–water partition coefficient (Wildman–Crippen LogP) is 0.646. The molecule has 104 valence electrons. The van der Waals surface area contributed by atoms with E-state index in [4.69, 9.17) is 9.84 Å². The topological polar surface area (TPSA) is 53.0 Å². The lowest BCUT2D eigenvalue weighted by Gasteiger charge is -2.46. The van der Waals surface area contributed by atoms with E-state index in [1.165, 1.54) is 12.8 Å². The Labute approximate surface area is 109 Å². The fourth-order valence-electron chi connectivity index (χ4n) is 2.81. The van der Waals surface area contributed by atoms with Crippen molar-refractivity contribution < 1.29 is 14.6 Å². The van der Waals surface area contributed by atoms with Crippen molar-refractivity contribution >= 4 is 5.97 Å². The van der Waals surface area contributed by atoms with Gasteiger partial charge in [-0.1, -0.05) is 0 Å². The minimum absolute atomic E-state index is 0.260. The molecule has 1 heterocycles. The first-order valence-electron chi connectivity index (χ1n) is 6.99. The van der Waals surface area contributed by atoms with Crippen LogP contribution in [0.5, 0.6) is 0 Å². The summed E-state index contributed by atoms with van der Waals surface area (Å²) in [4.78, 5) is 15.3. The van der Waals surface area contributed by atoms with Gasteiger partial charge < -0.3 is 14.7 Å². The van der Waals surface area contributed by atoms with E-state index in [0.29, 0.717) is 18.7 Å². The zero-order valence-electron chi connectivity index (χ0n) is 11.2. The second-order valence-corrected chi connectivity index (χ2v) is 5.22. The van der Waals surface area contributed by atoms with Crippen LogP contribution in [0.1, 0.15) is 26.2 Å². The summed E-state index contributed by atoms with van der Waals surface area (Å²) < 4.78 is 5.58. The molecular weight excluding hydrogens is 232 g/mol. The quantitative estimate of drug-likeness (QED) is 0.756. The zero-order chi connectivity index (χ0) is 13.0. The van der Waals surface area contributed by atoms with Crippen molar-refractivity contribution in [3.8, 4) is 0 Å². The highest BCUT2D eigenvalue weighted by Gasteiger charge is 2.35. The third-order valence-electron chi connectivity index (χ3n) is 4.04. The second-order valence-electron chi connectivity index (χ2n) is 5.22. The van der Waals surface area contributed by atoms with Gasteiger partial charge in [0.2, 0.25) is 0 Å². The van der Waals surface area contributed by atoms with Crippen molar-refractivity contribution in [2.45, 2.75) is 38.3 Å². The van der Waals surface area contributed by atoms with Crippen molar-refractivity contribution in [3.63, 3.8) is 0 Å². The summed E-state index contributed by atoms with van der Waals surface area (Å²) in [6.07, 6.45) is 3.08. The van der Waals surface area contributed by atoms with Crippen molar-refractivity contribution in [2.24, 2.45) is 0 Å². The fourth-order valence-corrected chi connectivity index (χ4v) is 2.81. The highest BCUT2D eigenvalue weighted by Crippen LogP contribution is 2.28. The third-order valence-corrected chi connectivity index (χ3v) is 4.04. The van der Waals surface area contributed by atoms with E-state index >= 15 is 0 Å². The number of piperazine rings is 1. The molecule has 0 unspecified atom stereocenters. The first-order valence-corrected chi connectivity index (χ1v) is 6.99. The summed E-state index contributed by atoms with van der Waals surface area (Å²) in [5.41, 5.74) is 0. The number of carbonyl (C=O) groups is 1. The summed E-state index contributed by atoms with van der Waals surface area (Å²) in [6, 6.07) is 0.697. The average molecular weight is 256 g/mol. The van der Waals surface area contributed by atoms with Gasteiger partial charge in [0.1, 0.15) is 0 Å². The SMILES string of the molecule is CCOC1CC(N2CCN(CCC(=O)O)CC2)C1. The van der Waals surface area contributed by atoms with Crippen LogP contribution < -0.4 is 0 Å². The molecule has 0 radical (unpaired) electrons. The lowest BCUT2D eigenvalue weighted by atomic mass is 9.87. The maximum atomic E-state index is 10.5. The van der Waals surface area contributed by atoms with Crippen molar-refractivity contribution in [1.82, 2.24) is 9.80 Å². The molecule has 18 heavy (non-hydrogen) atoms. The molecule has 1 saturated carbocycles.